The average molecular weight is 350 g/mol. The number of benzene rings is 1. The number of rotatable bonds is 1. The second-order valence-electron chi connectivity index (χ2n) is 5.05. The Balaban J connectivity index is 2.26. The van der Waals surface area contributed by atoms with Gasteiger partial charge >= 0.3 is 6.18 Å². The molecule has 118 valence electrons. The Morgan fingerprint density at radius 3 is 2.41 bits per heavy atom. The first-order valence-electron chi connectivity index (χ1n) is 6.69. The predicted molar refractivity (Wildman–Crippen MR) is 81.8 cm³/mol. The zero-order valence-electron chi connectivity index (χ0n) is 11.3. The monoisotopic (exact) mass is 349 g/mol. The molecule has 0 radical (unpaired) electrons. The second-order valence-corrected chi connectivity index (χ2v) is 5.89. The Kier molecular flexibility index (Phi) is 4.09. The highest BCUT2D eigenvalue weighted by Crippen LogP contribution is 2.38. The third-order valence-electron chi connectivity index (χ3n) is 3.56. The fourth-order valence-electron chi connectivity index (χ4n) is 2.55. The number of alkyl halides is 3. The zero-order chi connectivity index (χ0) is 15.9. The van der Waals surface area contributed by atoms with E-state index in [1.54, 1.807) is 6.07 Å². The highest BCUT2D eigenvalue weighted by molar-refractivity contribution is 6.38. The molecule has 0 saturated carbocycles. The first kappa shape index (κ1) is 15.6. The van der Waals surface area contributed by atoms with Crippen LogP contribution in [0, 0.1) is 0 Å². The fourth-order valence-corrected chi connectivity index (χ4v) is 3.08. The number of anilines is 1. The standard InChI is InChI=1S/C14H12Cl2F3N3/c15-8-5-9-11(22-3-1-20-2-4-22)7-12(14(17,18)19)21-13(9)10(16)6-8/h5-7,20H,1-4H2. The van der Waals surface area contributed by atoms with Crippen LogP contribution < -0.4 is 10.2 Å². The smallest absolute Gasteiger partial charge is 0.368 e. The van der Waals surface area contributed by atoms with Gasteiger partial charge in [0.15, 0.2) is 0 Å². The van der Waals surface area contributed by atoms with Crippen LogP contribution in [0.1, 0.15) is 5.69 Å². The molecule has 1 aromatic carbocycles. The maximum atomic E-state index is 13.1. The van der Waals surface area contributed by atoms with Crippen LogP contribution in [0.2, 0.25) is 10.0 Å². The molecule has 1 N–H and O–H groups in total. The Morgan fingerprint density at radius 2 is 1.77 bits per heavy atom. The largest absolute Gasteiger partial charge is 0.433 e. The van der Waals surface area contributed by atoms with Crippen LogP contribution in [0.15, 0.2) is 18.2 Å². The summed E-state index contributed by atoms with van der Waals surface area (Å²) < 4.78 is 39.3. The second kappa shape index (κ2) is 5.76. The SMILES string of the molecule is FC(F)(F)c1cc(N2CCNCC2)c2cc(Cl)cc(Cl)c2n1. The minimum Gasteiger partial charge on any atom is -0.368 e. The van der Waals surface area contributed by atoms with E-state index >= 15 is 0 Å². The molecule has 1 aliphatic heterocycles. The van der Waals surface area contributed by atoms with Crippen molar-refractivity contribution in [1.29, 1.82) is 0 Å². The van der Waals surface area contributed by atoms with Gasteiger partial charge in [0.25, 0.3) is 0 Å². The van der Waals surface area contributed by atoms with Gasteiger partial charge in [-0.15, -0.1) is 0 Å². The number of nitrogens with zero attached hydrogens (tertiary/aromatic N) is 2. The van der Waals surface area contributed by atoms with Crippen molar-refractivity contribution in [1.82, 2.24) is 10.3 Å². The van der Waals surface area contributed by atoms with Crippen LogP contribution in [0.25, 0.3) is 10.9 Å². The molecule has 2 heterocycles. The molecule has 1 aliphatic rings. The van der Waals surface area contributed by atoms with E-state index in [0.29, 0.717) is 42.3 Å². The lowest BCUT2D eigenvalue weighted by Gasteiger charge is -2.31. The van der Waals surface area contributed by atoms with Gasteiger partial charge in [0.2, 0.25) is 0 Å². The third-order valence-corrected chi connectivity index (χ3v) is 4.06. The molecule has 1 aromatic heterocycles. The van der Waals surface area contributed by atoms with Crippen molar-refractivity contribution in [2.24, 2.45) is 0 Å². The molecule has 0 amide bonds. The van der Waals surface area contributed by atoms with Crippen LogP contribution in [-0.4, -0.2) is 31.2 Å². The fraction of sp³-hybridized carbons (Fsp3) is 0.357. The molecule has 8 heteroatoms. The summed E-state index contributed by atoms with van der Waals surface area (Å²) in [6.07, 6.45) is -4.53. The molecule has 0 bridgehead atoms. The summed E-state index contributed by atoms with van der Waals surface area (Å²) in [7, 11) is 0. The van der Waals surface area contributed by atoms with Crippen LogP contribution in [0.4, 0.5) is 18.9 Å². The number of hydrogen-bond acceptors (Lipinski definition) is 3. The summed E-state index contributed by atoms with van der Waals surface area (Å²) in [6, 6.07) is 4.08. The molecule has 1 saturated heterocycles. The maximum absolute atomic E-state index is 13.1. The molecule has 3 nitrogen and oxygen atoms in total. The van der Waals surface area contributed by atoms with Gasteiger partial charge in [-0.1, -0.05) is 23.2 Å². The first-order valence-corrected chi connectivity index (χ1v) is 7.44. The zero-order valence-corrected chi connectivity index (χ0v) is 12.9. The minimum absolute atomic E-state index is 0.116. The number of aromatic nitrogens is 1. The summed E-state index contributed by atoms with van der Waals surface area (Å²) >= 11 is 12.0. The van der Waals surface area contributed by atoms with Gasteiger partial charge in [-0.05, 0) is 18.2 Å². The molecule has 1 fully saturated rings. The molecule has 22 heavy (non-hydrogen) atoms. The average Bonchev–Trinajstić information content (AvgIpc) is 2.46. The maximum Gasteiger partial charge on any atom is 0.433 e. The van der Waals surface area contributed by atoms with E-state index in [9.17, 15) is 13.2 Å². The highest BCUT2D eigenvalue weighted by Gasteiger charge is 2.34. The Morgan fingerprint density at radius 1 is 1.09 bits per heavy atom. The first-order chi connectivity index (χ1) is 10.4. The van der Waals surface area contributed by atoms with Gasteiger partial charge in [0.05, 0.1) is 10.5 Å². The van der Waals surface area contributed by atoms with E-state index in [4.69, 9.17) is 23.2 Å². The van der Waals surface area contributed by atoms with Crippen molar-refractivity contribution in [2.45, 2.75) is 6.18 Å². The van der Waals surface area contributed by atoms with Crippen molar-refractivity contribution in [3.8, 4) is 0 Å². The number of nitrogens with one attached hydrogen (secondary N) is 1. The highest BCUT2D eigenvalue weighted by atomic mass is 35.5. The number of piperazine rings is 1. The van der Waals surface area contributed by atoms with Crippen molar-refractivity contribution < 1.29 is 13.2 Å². The molecule has 3 rings (SSSR count). The Hall–Kier alpha value is -1.24. The van der Waals surface area contributed by atoms with E-state index in [-0.39, 0.29) is 10.5 Å². The van der Waals surface area contributed by atoms with Gasteiger partial charge in [-0.25, -0.2) is 4.98 Å². The normalized spacial score (nSPS) is 16.3. The van der Waals surface area contributed by atoms with Gasteiger partial charge < -0.3 is 10.2 Å². The lowest BCUT2D eigenvalue weighted by atomic mass is 10.1. The van der Waals surface area contributed by atoms with Gasteiger partial charge in [-0.2, -0.15) is 13.2 Å². The van der Waals surface area contributed by atoms with Crippen LogP contribution in [0.5, 0.6) is 0 Å². The number of pyridine rings is 1. The molecular formula is C14H12Cl2F3N3. The van der Waals surface area contributed by atoms with Gasteiger partial charge in [0, 0.05) is 42.3 Å². The molecule has 0 aliphatic carbocycles. The quantitative estimate of drug-likeness (QED) is 0.844. The summed E-state index contributed by atoms with van der Waals surface area (Å²) in [6.45, 7) is 2.64. The molecule has 0 atom stereocenters. The molecule has 0 unspecified atom stereocenters. The third kappa shape index (κ3) is 2.95. The van der Waals surface area contributed by atoms with Crippen molar-refractivity contribution >= 4 is 39.8 Å². The molecular weight excluding hydrogens is 338 g/mol. The Bertz CT molecular complexity index is 713. The van der Waals surface area contributed by atoms with Gasteiger partial charge in [-0.3, -0.25) is 0 Å². The summed E-state index contributed by atoms with van der Waals surface area (Å²) in [5, 5.41) is 4.19. The van der Waals surface area contributed by atoms with Crippen molar-refractivity contribution in [3.63, 3.8) is 0 Å². The van der Waals surface area contributed by atoms with Crippen molar-refractivity contribution in [2.75, 3.05) is 31.1 Å². The van der Waals surface area contributed by atoms with E-state index in [2.05, 4.69) is 10.3 Å². The van der Waals surface area contributed by atoms with Crippen LogP contribution in [-0.2, 0) is 6.18 Å². The predicted octanol–water partition coefficient (Wildman–Crippen LogP) is 3.97. The number of halogens is 5. The Labute approximate surface area is 135 Å². The van der Waals surface area contributed by atoms with Crippen molar-refractivity contribution in [3.05, 3.63) is 33.9 Å². The number of fused-ring (bicyclic) bond motifs is 1. The lowest BCUT2D eigenvalue weighted by Crippen LogP contribution is -2.43. The summed E-state index contributed by atoms with van der Waals surface area (Å²) in [5.74, 6) is 0. The van der Waals surface area contributed by atoms with Crippen LogP contribution in [0.3, 0.4) is 0 Å². The topological polar surface area (TPSA) is 28.2 Å². The van der Waals surface area contributed by atoms with Crippen LogP contribution >= 0.6 is 23.2 Å². The van der Waals surface area contributed by atoms with E-state index < -0.39 is 11.9 Å². The van der Waals surface area contributed by atoms with E-state index in [1.807, 2.05) is 4.90 Å². The lowest BCUT2D eigenvalue weighted by molar-refractivity contribution is -0.140. The number of hydrogen-bond donors (Lipinski definition) is 1. The van der Waals surface area contributed by atoms with E-state index in [0.717, 1.165) is 6.07 Å². The molecule has 0 spiro atoms. The minimum atomic E-state index is -4.53. The summed E-state index contributed by atoms with van der Waals surface area (Å²) in [4.78, 5) is 5.58. The summed E-state index contributed by atoms with van der Waals surface area (Å²) in [5.41, 5.74) is -0.365. The van der Waals surface area contributed by atoms with E-state index in [1.165, 1.54) is 6.07 Å². The van der Waals surface area contributed by atoms with Gasteiger partial charge in [0.1, 0.15) is 5.69 Å². The molecule has 2 aromatic rings.